The predicted molar refractivity (Wildman–Crippen MR) is 139 cm³/mol. The average Bonchev–Trinajstić information content (AvgIpc) is 3.14. The van der Waals surface area contributed by atoms with Crippen LogP contribution in [-0.2, 0) is 0 Å². The summed E-state index contributed by atoms with van der Waals surface area (Å²) in [5.74, 6) is -1.24. The molecule has 6 nitrogen and oxygen atoms in total. The third-order valence-corrected chi connectivity index (χ3v) is 9.39. The number of rotatable bonds is 5. The maximum absolute atomic E-state index is 12.0. The lowest BCUT2D eigenvalue weighted by molar-refractivity contribution is -0.387. The van der Waals surface area contributed by atoms with Crippen LogP contribution in [0.25, 0.3) is 0 Å². The number of thioether (sulfide) groups is 1. The van der Waals surface area contributed by atoms with Gasteiger partial charge in [0.15, 0.2) is 0 Å². The molecule has 2 N–H and O–H groups in total. The van der Waals surface area contributed by atoms with Crippen molar-refractivity contribution in [3.05, 3.63) is 97.5 Å². The number of carboxylic acids is 1. The highest BCUT2D eigenvalue weighted by molar-refractivity contribution is 8.00. The van der Waals surface area contributed by atoms with E-state index in [9.17, 15) is 20.0 Å². The Morgan fingerprint density at radius 1 is 1.09 bits per heavy atom. The highest BCUT2D eigenvalue weighted by Crippen LogP contribution is 2.59. The predicted octanol–water partition coefficient (Wildman–Crippen LogP) is 7.64. The quantitative estimate of drug-likeness (QED) is 0.193. The van der Waals surface area contributed by atoms with Crippen molar-refractivity contribution in [2.75, 3.05) is 5.32 Å². The largest absolute Gasteiger partial charge is 0.478 e. The molecule has 10 heteroatoms. The van der Waals surface area contributed by atoms with Gasteiger partial charge in [-0.2, -0.15) is 0 Å². The van der Waals surface area contributed by atoms with Crippen LogP contribution in [-0.4, -0.2) is 26.6 Å². The van der Waals surface area contributed by atoms with Gasteiger partial charge in [0.25, 0.3) is 5.69 Å². The van der Waals surface area contributed by atoms with Gasteiger partial charge in [-0.15, -0.1) is 23.4 Å². The molecule has 5 atom stereocenters. The van der Waals surface area contributed by atoms with E-state index in [0.717, 1.165) is 11.1 Å². The van der Waals surface area contributed by atoms with E-state index in [-0.39, 0.29) is 44.7 Å². The van der Waals surface area contributed by atoms with Crippen LogP contribution in [0.4, 0.5) is 11.4 Å². The summed E-state index contributed by atoms with van der Waals surface area (Å²) in [5, 5.41) is 25.3. The van der Waals surface area contributed by atoms with E-state index in [2.05, 4.69) is 5.32 Å². The Hall–Kier alpha value is -2.45. The van der Waals surface area contributed by atoms with E-state index >= 15 is 0 Å². The van der Waals surface area contributed by atoms with Crippen molar-refractivity contribution < 1.29 is 14.8 Å². The lowest BCUT2D eigenvalue weighted by Crippen LogP contribution is -2.32. The lowest BCUT2D eigenvalue weighted by Gasteiger charge is -2.39. The average molecular weight is 550 g/mol. The number of benzene rings is 3. The van der Waals surface area contributed by atoms with Crippen molar-refractivity contribution in [2.45, 2.75) is 33.9 Å². The number of nitro groups is 1. The molecule has 0 radical (unpaired) electrons. The van der Waals surface area contributed by atoms with E-state index in [1.54, 1.807) is 42.5 Å². The molecule has 0 bridgehead atoms. The Morgan fingerprint density at radius 2 is 1.86 bits per heavy atom. The van der Waals surface area contributed by atoms with E-state index in [1.807, 2.05) is 12.1 Å². The van der Waals surface area contributed by atoms with Crippen LogP contribution in [0.2, 0.25) is 10.0 Å². The van der Waals surface area contributed by atoms with Gasteiger partial charge >= 0.3 is 5.97 Å². The van der Waals surface area contributed by atoms with Gasteiger partial charge in [-0.1, -0.05) is 53.5 Å². The van der Waals surface area contributed by atoms with Gasteiger partial charge in [-0.3, -0.25) is 10.1 Å². The molecule has 3 aromatic carbocycles. The molecule has 0 spiro atoms. The molecule has 0 amide bonds. The van der Waals surface area contributed by atoms with Gasteiger partial charge < -0.3 is 10.4 Å². The number of nitro benzene ring substituents is 1. The molecule has 5 rings (SSSR count). The Labute approximate surface area is 220 Å². The molecular formula is C25H19Cl3N2O4S. The number of alkyl halides is 1. The number of hydrogen-bond acceptors (Lipinski definition) is 5. The van der Waals surface area contributed by atoms with Gasteiger partial charge in [0.1, 0.15) is 0 Å². The van der Waals surface area contributed by atoms with Crippen LogP contribution in [0.5, 0.6) is 0 Å². The number of nitrogens with zero attached hydrogens (tertiary/aromatic N) is 1. The summed E-state index contributed by atoms with van der Waals surface area (Å²) in [6, 6.07) is 16.8. The van der Waals surface area contributed by atoms with Crippen molar-refractivity contribution in [3.8, 4) is 0 Å². The van der Waals surface area contributed by atoms with Crippen molar-refractivity contribution in [3.63, 3.8) is 0 Å². The SMILES string of the molecule is O=C(O)c1cccc2c1N[C@H](c1ccc(Cl)cc1Cl)[C@@H]1C[C@H](Sc3ccccc3[N+](=O)[O-])[C@H](Cl)[C@H]21. The van der Waals surface area contributed by atoms with Crippen molar-refractivity contribution in [2.24, 2.45) is 5.92 Å². The van der Waals surface area contributed by atoms with E-state index in [4.69, 9.17) is 34.8 Å². The molecule has 180 valence electrons. The van der Waals surface area contributed by atoms with Crippen LogP contribution in [0.15, 0.2) is 65.6 Å². The van der Waals surface area contributed by atoms with Crippen molar-refractivity contribution in [1.29, 1.82) is 0 Å². The number of aromatic carboxylic acids is 1. The van der Waals surface area contributed by atoms with Crippen LogP contribution in [0.3, 0.4) is 0 Å². The maximum Gasteiger partial charge on any atom is 0.337 e. The number of carboxylic acid groups (broad SMARTS) is 1. The summed E-state index contributed by atoms with van der Waals surface area (Å²) in [7, 11) is 0. The zero-order valence-corrected chi connectivity index (χ0v) is 21.1. The number of anilines is 1. The topological polar surface area (TPSA) is 92.5 Å². The molecule has 0 saturated heterocycles. The molecule has 1 aliphatic carbocycles. The molecule has 0 aromatic heterocycles. The summed E-state index contributed by atoms with van der Waals surface area (Å²) >= 11 is 21.2. The Morgan fingerprint density at radius 3 is 2.57 bits per heavy atom. The third-order valence-electron chi connectivity index (χ3n) is 6.72. The zero-order chi connectivity index (χ0) is 24.9. The number of fused-ring (bicyclic) bond motifs is 3. The fraction of sp³-hybridized carbons (Fsp3) is 0.240. The first-order valence-electron chi connectivity index (χ1n) is 10.9. The fourth-order valence-electron chi connectivity index (χ4n) is 5.25. The number of para-hydroxylation sites is 2. The Balaban J connectivity index is 1.60. The monoisotopic (exact) mass is 548 g/mol. The fourth-order valence-corrected chi connectivity index (χ4v) is 7.72. The van der Waals surface area contributed by atoms with E-state index in [1.165, 1.54) is 17.8 Å². The van der Waals surface area contributed by atoms with Crippen LogP contribution in [0, 0.1) is 16.0 Å². The van der Waals surface area contributed by atoms with Crippen LogP contribution < -0.4 is 5.32 Å². The molecule has 1 fully saturated rings. The van der Waals surface area contributed by atoms with Gasteiger partial charge in [0.05, 0.1) is 32.5 Å². The van der Waals surface area contributed by atoms with E-state index in [0.29, 0.717) is 27.0 Å². The zero-order valence-electron chi connectivity index (χ0n) is 18.0. The molecule has 1 aliphatic heterocycles. The van der Waals surface area contributed by atoms with Gasteiger partial charge in [0.2, 0.25) is 0 Å². The summed E-state index contributed by atoms with van der Waals surface area (Å²) < 4.78 is 0. The van der Waals surface area contributed by atoms with E-state index < -0.39 is 5.97 Å². The smallest absolute Gasteiger partial charge is 0.337 e. The van der Waals surface area contributed by atoms with Gasteiger partial charge in [-0.25, -0.2) is 4.79 Å². The second kappa shape index (κ2) is 9.54. The van der Waals surface area contributed by atoms with Crippen molar-refractivity contribution in [1.82, 2.24) is 0 Å². The minimum absolute atomic E-state index is 0.0204. The molecular weight excluding hydrogens is 531 g/mol. The molecule has 2 aliphatic rings. The second-order valence-electron chi connectivity index (χ2n) is 8.61. The maximum atomic E-state index is 12.0. The van der Waals surface area contributed by atoms with Gasteiger partial charge in [0, 0.05) is 27.3 Å². The van der Waals surface area contributed by atoms with Crippen LogP contribution in [0.1, 0.15) is 39.9 Å². The first kappa shape index (κ1) is 24.3. The minimum Gasteiger partial charge on any atom is -0.478 e. The standard InChI is InChI=1S/C25H19Cl3N2O4S/c26-12-8-9-13(17(27)10-12)23-16-11-20(35-19-7-2-1-6-18(19)30(33)34)22(28)21(16)14-4-3-5-15(25(31)32)24(14)29-23/h1-10,16,20-23,29H,11H2,(H,31,32)/t16-,20+,21-,22+,23-/m1/s1. The van der Waals surface area contributed by atoms with Crippen LogP contribution >= 0.6 is 46.6 Å². The molecule has 1 heterocycles. The summed E-state index contributed by atoms with van der Waals surface area (Å²) in [5.41, 5.74) is 2.37. The number of nitrogens with one attached hydrogen (secondary N) is 1. The third kappa shape index (κ3) is 4.35. The lowest BCUT2D eigenvalue weighted by atomic mass is 9.76. The first-order chi connectivity index (χ1) is 16.8. The highest BCUT2D eigenvalue weighted by Gasteiger charge is 2.51. The summed E-state index contributed by atoms with van der Waals surface area (Å²) in [4.78, 5) is 23.8. The number of hydrogen-bond donors (Lipinski definition) is 2. The molecule has 0 unspecified atom stereocenters. The highest BCUT2D eigenvalue weighted by atomic mass is 35.5. The summed E-state index contributed by atoms with van der Waals surface area (Å²) in [6.07, 6.45) is 0.656. The molecule has 3 aromatic rings. The molecule has 35 heavy (non-hydrogen) atoms. The summed E-state index contributed by atoms with van der Waals surface area (Å²) in [6.45, 7) is 0. The minimum atomic E-state index is -1.04. The number of carbonyl (C=O) groups is 1. The Bertz CT molecular complexity index is 1340. The van der Waals surface area contributed by atoms with Crippen molar-refractivity contribution >= 4 is 63.9 Å². The second-order valence-corrected chi connectivity index (χ2v) is 11.2. The molecule has 1 saturated carbocycles. The first-order valence-corrected chi connectivity index (χ1v) is 12.9. The van der Waals surface area contributed by atoms with Gasteiger partial charge in [-0.05, 0) is 47.7 Å². The number of halogens is 3. The normalized spacial score (nSPS) is 24.8. The Kier molecular flexibility index (Phi) is 6.61.